The Balaban J connectivity index is 2.08. The second kappa shape index (κ2) is 5.38. The molecule has 1 heterocycles. The number of aromatic nitrogens is 2. The van der Waals surface area contributed by atoms with E-state index < -0.39 is 0 Å². The molecule has 1 aliphatic rings. The number of rotatable bonds is 5. The van der Waals surface area contributed by atoms with Gasteiger partial charge in [-0.25, -0.2) is 4.98 Å². The number of fused-ring (bicyclic) bond motifs is 1. The predicted molar refractivity (Wildman–Crippen MR) is 82.5 cm³/mol. The lowest BCUT2D eigenvalue weighted by molar-refractivity contribution is -0.0832. The molecule has 1 fully saturated rings. The van der Waals surface area contributed by atoms with Crippen LogP contribution in [0.3, 0.4) is 0 Å². The van der Waals surface area contributed by atoms with Crippen LogP contribution in [0.25, 0.3) is 11.0 Å². The molecular formula is C16H21ClN2O. The van der Waals surface area contributed by atoms with Crippen LogP contribution in [0.15, 0.2) is 18.2 Å². The van der Waals surface area contributed by atoms with Gasteiger partial charge in [0.2, 0.25) is 0 Å². The summed E-state index contributed by atoms with van der Waals surface area (Å²) in [6.45, 7) is 3.03. The van der Waals surface area contributed by atoms with Gasteiger partial charge in [-0.2, -0.15) is 0 Å². The Morgan fingerprint density at radius 3 is 2.80 bits per heavy atom. The normalized spacial score (nSPS) is 17.4. The van der Waals surface area contributed by atoms with E-state index in [2.05, 4.69) is 29.7 Å². The van der Waals surface area contributed by atoms with Gasteiger partial charge in [-0.1, -0.05) is 12.1 Å². The first-order valence-corrected chi connectivity index (χ1v) is 7.78. The zero-order chi connectivity index (χ0) is 14.2. The summed E-state index contributed by atoms with van der Waals surface area (Å²) in [4.78, 5) is 4.76. The number of ether oxygens (including phenoxy) is 1. The van der Waals surface area contributed by atoms with Crippen LogP contribution in [0.4, 0.5) is 0 Å². The lowest BCUT2D eigenvalue weighted by Crippen LogP contribution is -2.43. The smallest absolute Gasteiger partial charge is 0.111 e. The molecule has 1 saturated carbocycles. The fourth-order valence-corrected chi connectivity index (χ4v) is 3.31. The van der Waals surface area contributed by atoms with Crippen LogP contribution in [-0.4, -0.2) is 28.1 Å². The largest absolute Gasteiger partial charge is 0.376 e. The molecule has 0 spiro atoms. The van der Waals surface area contributed by atoms with Gasteiger partial charge in [0.1, 0.15) is 5.82 Å². The van der Waals surface area contributed by atoms with E-state index in [1.165, 1.54) is 17.5 Å². The van der Waals surface area contributed by atoms with E-state index in [4.69, 9.17) is 21.3 Å². The van der Waals surface area contributed by atoms with E-state index in [0.717, 1.165) is 37.1 Å². The number of alkyl halides is 1. The first-order valence-electron chi connectivity index (χ1n) is 7.25. The highest BCUT2D eigenvalue weighted by atomic mass is 35.5. The van der Waals surface area contributed by atoms with Crippen molar-refractivity contribution in [3.05, 3.63) is 29.6 Å². The molecule has 1 aliphatic carbocycles. The third-order valence-corrected chi connectivity index (χ3v) is 4.70. The molecule has 0 unspecified atom stereocenters. The van der Waals surface area contributed by atoms with Crippen molar-refractivity contribution in [1.82, 2.24) is 9.55 Å². The number of hydrogen-bond donors (Lipinski definition) is 0. The molecule has 3 rings (SSSR count). The van der Waals surface area contributed by atoms with Crippen molar-refractivity contribution in [3.8, 4) is 0 Å². The fourth-order valence-electron chi connectivity index (χ4n) is 3.15. The minimum Gasteiger partial charge on any atom is -0.376 e. The zero-order valence-corrected chi connectivity index (χ0v) is 12.9. The van der Waals surface area contributed by atoms with E-state index in [9.17, 15) is 0 Å². The molecule has 20 heavy (non-hydrogen) atoms. The second-order valence-corrected chi connectivity index (χ2v) is 6.11. The Labute approximate surface area is 124 Å². The number of benzene rings is 1. The highest BCUT2D eigenvalue weighted by Crippen LogP contribution is 2.38. The maximum Gasteiger partial charge on any atom is 0.111 e. The Morgan fingerprint density at radius 2 is 2.20 bits per heavy atom. The molecule has 108 valence electrons. The van der Waals surface area contributed by atoms with Gasteiger partial charge >= 0.3 is 0 Å². The van der Waals surface area contributed by atoms with E-state index in [0.29, 0.717) is 5.88 Å². The minimum absolute atomic E-state index is 0.00300. The van der Waals surface area contributed by atoms with E-state index >= 15 is 0 Å². The fraction of sp³-hybridized carbons (Fsp3) is 0.562. The van der Waals surface area contributed by atoms with Crippen LogP contribution in [0.5, 0.6) is 0 Å². The van der Waals surface area contributed by atoms with Crippen LogP contribution in [-0.2, 0) is 17.7 Å². The standard InChI is InChI=1S/C16H21ClN2O/c1-12-5-3-6-13-15(12)19(14(18-13)7-10-17)11-16(20-2)8-4-9-16/h3,5-6H,4,7-11H2,1-2H3. The van der Waals surface area contributed by atoms with Crippen molar-refractivity contribution < 1.29 is 4.74 Å². The quantitative estimate of drug-likeness (QED) is 0.786. The van der Waals surface area contributed by atoms with Gasteiger partial charge in [0.05, 0.1) is 23.2 Å². The molecule has 2 aromatic rings. The van der Waals surface area contributed by atoms with Gasteiger partial charge in [-0.3, -0.25) is 0 Å². The van der Waals surface area contributed by atoms with E-state index in [-0.39, 0.29) is 5.60 Å². The maximum atomic E-state index is 5.94. The predicted octanol–water partition coefficient (Wildman–Crippen LogP) is 3.70. The maximum absolute atomic E-state index is 5.94. The van der Waals surface area contributed by atoms with Crippen molar-refractivity contribution >= 4 is 22.6 Å². The highest BCUT2D eigenvalue weighted by Gasteiger charge is 2.38. The summed E-state index contributed by atoms with van der Waals surface area (Å²) in [6, 6.07) is 6.29. The average Bonchev–Trinajstić information content (AvgIpc) is 2.73. The number of aryl methyl sites for hydroxylation is 2. The van der Waals surface area contributed by atoms with Crippen LogP contribution >= 0.6 is 11.6 Å². The van der Waals surface area contributed by atoms with Crippen molar-refractivity contribution in [2.45, 2.75) is 44.8 Å². The van der Waals surface area contributed by atoms with Crippen molar-refractivity contribution in [2.75, 3.05) is 13.0 Å². The number of nitrogens with zero attached hydrogens (tertiary/aromatic N) is 2. The summed E-state index contributed by atoms with van der Waals surface area (Å²) < 4.78 is 8.12. The number of halogens is 1. The molecule has 0 radical (unpaired) electrons. The van der Waals surface area contributed by atoms with Gasteiger partial charge in [-0.15, -0.1) is 11.6 Å². The SMILES string of the molecule is COC1(Cn2c(CCCl)nc3cccc(C)c32)CCC1. The molecule has 0 bridgehead atoms. The number of para-hydroxylation sites is 1. The Kier molecular flexibility index (Phi) is 3.74. The average molecular weight is 293 g/mol. The van der Waals surface area contributed by atoms with Crippen LogP contribution < -0.4 is 0 Å². The first-order chi connectivity index (χ1) is 9.69. The molecule has 3 nitrogen and oxygen atoms in total. The Bertz CT molecular complexity index is 611. The van der Waals surface area contributed by atoms with Gasteiger partial charge < -0.3 is 9.30 Å². The number of hydrogen-bond acceptors (Lipinski definition) is 2. The van der Waals surface area contributed by atoms with Crippen molar-refractivity contribution in [3.63, 3.8) is 0 Å². The van der Waals surface area contributed by atoms with Gasteiger partial charge in [0.15, 0.2) is 0 Å². The van der Waals surface area contributed by atoms with Crippen LogP contribution in [0.2, 0.25) is 0 Å². The molecule has 4 heteroatoms. The Hall–Kier alpha value is -1.06. The van der Waals surface area contributed by atoms with Crippen molar-refractivity contribution in [1.29, 1.82) is 0 Å². The highest BCUT2D eigenvalue weighted by molar-refractivity contribution is 6.17. The lowest BCUT2D eigenvalue weighted by atomic mass is 9.80. The third-order valence-electron chi connectivity index (χ3n) is 4.51. The van der Waals surface area contributed by atoms with Crippen LogP contribution in [0, 0.1) is 6.92 Å². The van der Waals surface area contributed by atoms with Crippen molar-refractivity contribution in [2.24, 2.45) is 0 Å². The van der Waals surface area contributed by atoms with E-state index in [1.54, 1.807) is 0 Å². The molecule has 0 N–H and O–H groups in total. The van der Waals surface area contributed by atoms with Crippen LogP contribution in [0.1, 0.15) is 30.7 Å². The topological polar surface area (TPSA) is 27.1 Å². The summed E-state index contributed by atoms with van der Waals surface area (Å²) in [6.07, 6.45) is 4.32. The van der Waals surface area contributed by atoms with Gasteiger partial charge in [-0.05, 0) is 37.8 Å². The summed E-state index contributed by atoms with van der Waals surface area (Å²) in [5.41, 5.74) is 3.56. The number of imidazole rings is 1. The first kappa shape index (κ1) is 13.9. The minimum atomic E-state index is -0.00300. The van der Waals surface area contributed by atoms with Gasteiger partial charge in [0.25, 0.3) is 0 Å². The third kappa shape index (κ3) is 2.23. The lowest BCUT2D eigenvalue weighted by Gasteiger charge is -2.41. The van der Waals surface area contributed by atoms with Gasteiger partial charge in [0, 0.05) is 19.4 Å². The van der Waals surface area contributed by atoms with E-state index in [1.807, 2.05) is 7.11 Å². The Morgan fingerprint density at radius 1 is 1.40 bits per heavy atom. The molecule has 0 aliphatic heterocycles. The second-order valence-electron chi connectivity index (χ2n) is 5.74. The molecule has 0 atom stereocenters. The molecular weight excluding hydrogens is 272 g/mol. The molecule has 1 aromatic carbocycles. The molecule has 0 amide bonds. The zero-order valence-electron chi connectivity index (χ0n) is 12.2. The summed E-state index contributed by atoms with van der Waals surface area (Å²) in [5.74, 6) is 1.68. The molecule has 1 aromatic heterocycles. The summed E-state index contributed by atoms with van der Waals surface area (Å²) in [5, 5.41) is 0. The molecule has 0 saturated heterocycles. The summed E-state index contributed by atoms with van der Waals surface area (Å²) in [7, 11) is 1.83. The number of methoxy groups -OCH3 is 1. The monoisotopic (exact) mass is 292 g/mol. The summed E-state index contributed by atoms with van der Waals surface area (Å²) >= 11 is 5.94.